The van der Waals surface area contributed by atoms with Gasteiger partial charge in [-0.15, -0.1) is 11.3 Å². The highest BCUT2D eigenvalue weighted by Crippen LogP contribution is 2.56. The molecule has 2 atom stereocenters. The maximum absolute atomic E-state index is 12.3. The number of piperidine rings is 1. The van der Waals surface area contributed by atoms with Crippen LogP contribution in [0.5, 0.6) is 0 Å². The predicted molar refractivity (Wildman–Crippen MR) is 95.7 cm³/mol. The Labute approximate surface area is 148 Å². The number of amides is 1. The number of nitrogens with zero attached hydrogens (tertiary/aromatic N) is 3. The van der Waals surface area contributed by atoms with Gasteiger partial charge in [0.05, 0.1) is 19.1 Å². The lowest BCUT2D eigenvalue weighted by molar-refractivity contribution is -0.135. The average molecular weight is 352 g/mol. The van der Waals surface area contributed by atoms with Crippen molar-refractivity contribution in [1.82, 2.24) is 14.8 Å². The molecule has 6 heteroatoms. The molecule has 1 saturated heterocycles. The van der Waals surface area contributed by atoms with E-state index in [1.165, 1.54) is 11.4 Å². The number of rotatable bonds is 6. The molecule has 1 aromatic rings. The molecule has 2 aliphatic rings. The van der Waals surface area contributed by atoms with Crippen LogP contribution in [0.15, 0.2) is 11.6 Å². The van der Waals surface area contributed by atoms with E-state index in [1.807, 2.05) is 30.3 Å². The number of aromatic nitrogens is 1. The van der Waals surface area contributed by atoms with E-state index in [1.54, 1.807) is 11.3 Å². The van der Waals surface area contributed by atoms with Gasteiger partial charge in [-0.05, 0) is 37.6 Å². The van der Waals surface area contributed by atoms with Gasteiger partial charge in [-0.2, -0.15) is 0 Å². The summed E-state index contributed by atoms with van der Waals surface area (Å²) in [5.41, 5.74) is 0.402. The van der Waals surface area contributed by atoms with Crippen LogP contribution >= 0.6 is 11.3 Å². The molecule has 1 N–H and O–H groups in total. The molecule has 134 valence electrons. The first-order valence-corrected chi connectivity index (χ1v) is 9.84. The zero-order valence-electron chi connectivity index (χ0n) is 14.9. The van der Waals surface area contributed by atoms with Crippen molar-refractivity contribution in [2.75, 3.05) is 20.1 Å². The van der Waals surface area contributed by atoms with Crippen molar-refractivity contribution in [2.24, 2.45) is 11.3 Å². The third kappa shape index (κ3) is 3.81. The molecule has 2 heterocycles. The van der Waals surface area contributed by atoms with Gasteiger partial charge in [-0.1, -0.05) is 13.8 Å². The fourth-order valence-electron chi connectivity index (χ4n) is 3.89. The molecular weight excluding hydrogens is 322 g/mol. The van der Waals surface area contributed by atoms with Crippen LogP contribution in [0.3, 0.4) is 0 Å². The summed E-state index contributed by atoms with van der Waals surface area (Å²) in [6.07, 6.45) is 5.02. The molecule has 0 unspecified atom stereocenters. The summed E-state index contributed by atoms with van der Waals surface area (Å²) in [7, 11) is 2.19. The van der Waals surface area contributed by atoms with Gasteiger partial charge in [0.15, 0.2) is 0 Å². The topological polar surface area (TPSA) is 56.7 Å². The summed E-state index contributed by atoms with van der Waals surface area (Å²) >= 11 is 1.71. The second kappa shape index (κ2) is 7.10. The normalized spacial score (nSPS) is 23.9. The Morgan fingerprint density at radius 2 is 2.21 bits per heavy atom. The lowest BCUT2D eigenvalue weighted by Gasteiger charge is -2.34. The van der Waals surface area contributed by atoms with Crippen molar-refractivity contribution in [3.05, 3.63) is 16.6 Å². The molecule has 0 bridgehead atoms. The van der Waals surface area contributed by atoms with Crippen LogP contribution in [-0.4, -0.2) is 58.1 Å². The van der Waals surface area contributed by atoms with Gasteiger partial charge >= 0.3 is 0 Å². The SMILES string of the molecule is CC(C)[C@H](O)CC(=O)N1CCC2(CC1)C[C@H]2N(C)Cc1nccs1. The van der Waals surface area contributed by atoms with Crippen LogP contribution in [0.4, 0.5) is 0 Å². The van der Waals surface area contributed by atoms with E-state index in [9.17, 15) is 9.90 Å². The van der Waals surface area contributed by atoms with Crippen LogP contribution in [0.1, 0.15) is 44.5 Å². The van der Waals surface area contributed by atoms with Gasteiger partial charge in [0.25, 0.3) is 0 Å². The molecule has 1 aromatic heterocycles. The van der Waals surface area contributed by atoms with Gasteiger partial charge in [-0.3, -0.25) is 9.69 Å². The molecule has 2 fully saturated rings. The van der Waals surface area contributed by atoms with Crippen LogP contribution in [0.2, 0.25) is 0 Å². The summed E-state index contributed by atoms with van der Waals surface area (Å²) in [6.45, 7) is 6.51. The molecule has 24 heavy (non-hydrogen) atoms. The van der Waals surface area contributed by atoms with Gasteiger partial charge in [-0.25, -0.2) is 4.98 Å². The lowest BCUT2D eigenvalue weighted by Crippen LogP contribution is -2.42. The Morgan fingerprint density at radius 3 is 2.79 bits per heavy atom. The van der Waals surface area contributed by atoms with Gasteiger partial charge in [0, 0.05) is 30.7 Å². The van der Waals surface area contributed by atoms with E-state index in [0.29, 0.717) is 11.5 Å². The number of aliphatic hydroxyl groups excluding tert-OH is 1. The van der Waals surface area contributed by atoms with E-state index >= 15 is 0 Å². The number of carbonyl (C=O) groups is 1. The molecule has 1 aliphatic heterocycles. The number of aliphatic hydroxyl groups is 1. The monoisotopic (exact) mass is 351 g/mol. The van der Waals surface area contributed by atoms with Crippen molar-refractivity contribution < 1.29 is 9.90 Å². The Morgan fingerprint density at radius 1 is 1.50 bits per heavy atom. The predicted octanol–water partition coefficient (Wildman–Crippen LogP) is 2.36. The first-order chi connectivity index (χ1) is 11.4. The molecule has 1 spiro atoms. The van der Waals surface area contributed by atoms with Crippen molar-refractivity contribution in [3.8, 4) is 0 Å². The Hall–Kier alpha value is -0.980. The largest absolute Gasteiger partial charge is 0.392 e. The second-order valence-corrected chi connectivity index (χ2v) is 8.80. The second-order valence-electron chi connectivity index (χ2n) is 7.82. The average Bonchev–Trinajstić information content (AvgIpc) is 3.00. The zero-order chi connectivity index (χ0) is 17.3. The number of hydrogen-bond acceptors (Lipinski definition) is 5. The van der Waals surface area contributed by atoms with Crippen LogP contribution in [0.25, 0.3) is 0 Å². The first kappa shape index (κ1) is 17.8. The Bertz CT molecular complexity index is 553. The van der Waals surface area contributed by atoms with Crippen LogP contribution < -0.4 is 0 Å². The first-order valence-electron chi connectivity index (χ1n) is 8.96. The highest BCUT2D eigenvalue weighted by molar-refractivity contribution is 7.09. The maximum Gasteiger partial charge on any atom is 0.225 e. The number of likely N-dealkylation sites (tertiary alicyclic amines) is 1. The fraction of sp³-hybridized carbons (Fsp3) is 0.778. The number of carbonyl (C=O) groups excluding carboxylic acids is 1. The summed E-state index contributed by atoms with van der Waals surface area (Å²) in [4.78, 5) is 21.1. The third-order valence-electron chi connectivity index (χ3n) is 5.81. The Kier molecular flexibility index (Phi) is 5.27. The summed E-state index contributed by atoms with van der Waals surface area (Å²) in [5, 5.41) is 13.1. The van der Waals surface area contributed by atoms with Gasteiger partial charge in [0.1, 0.15) is 5.01 Å². The minimum Gasteiger partial charge on any atom is -0.392 e. The maximum atomic E-state index is 12.3. The van der Waals surface area contributed by atoms with Gasteiger partial charge < -0.3 is 10.0 Å². The minimum atomic E-state index is -0.522. The molecule has 3 rings (SSSR count). The quantitative estimate of drug-likeness (QED) is 0.855. The van der Waals surface area contributed by atoms with Crippen molar-refractivity contribution in [1.29, 1.82) is 0 Å². The third-order valence-corrected chi connectivity index (χ3v) is 6.58. The zero-order valence-corrected chi connectivity index (χ0v) is 15.8. The summed E-state index contributed by atoms with van der Waals surface area (Å²) in [6, 6.07) is 0.625. The van der Waals surface area contributed by atoms with E-state index in [-0.39, 0.29) is 18.2 Å². The van der Waals surface area contributed by atoms with Crippen molar-refractivity contribution >= 4 is 17.2 Å². The molecule has 1 saturated carbocycles. The van der Waals surface area contributed by atoms with E-state index in [2.05, 4.69) is 16.9 Å². The molecule has 1 amide bonds. The minimum absolute atomic E-state index is 0.111. The molecular formula is C18H29N3O2S. The summed E-state index contributed by atoms with van der Waals surface area (Å²) < 4.78 is 0. The molecule has 0 aromatic carbocycles. The number of hydrogen-bond donors (Lipinski definition) is 1. The highest BCUT2D eigenvalue weighted by atomic mass is 32.1. The van der Waals surface area contributed by atoms with E-state index in [0.717, 1.165) is 32.5 Å². The van der Waals surface area contributed by atoms with E-state index in [4.69, 9.17) is 0 Å². The molecule has 0 radical (unpaired) electrons. The fourth-order valence-corrected chi connectivity index (χ4v) is 4.57. The Balaban J connectivity index is 1.46. The van der Waals surface area contributed by atoms with Crippen LogP contribution in [0, 0.1) is 11.3 Å². The van der Waals surface area contributed by atoms with Gasteiger partial charge in [0.2, 0.25) is 5.91 Å². The number of thiazole rings is 1. The van der Waals surface area contributed by atoms with E-state index < -0.39 is 6.10 Å². The molecule has 1 aliphatic carbocycles. The van der Waals surface area contributed by atoms with Crippen LogP contribution in [-0.2, 0) is 11.3 Å². The standard InChI is InChI=1S/C18H29N3O2S/c1-13(2)14(22)10-17(23)21-7-4-18(5-8-21)11-15(18)20(3)12-16-19-6-9-24-16/h6,9,13-15,22H,4-5,7-8,10-12H2,1-3H3/t14-,15-/m1/s1. The van der Waals surface area contributed by atoms with Crippen molar-refractivity contribution in [3.63, 3.8) is 0 Å². The smallest absolute Gasteiger partial charge is 0.225 e. The van der Waals surface area contributed by atoms with Crippen molar-refractivity contribution in [2.45, 2.75) is 58.2 Å². The lowest BCUT2D eigenvalue weighted by atomic mass is 9.91. The highest BCUT2D eigenvalue weighted by Gasteiger charge is 2.56. The summed E-state index contributed by atoms with van der Waals surface area (Å²) in [5.74, 6) is 0.247. The molecule has 5 nitrogen and oxygen atoms in total.